The van der Waals surface area contributed by atoms with Gasteiger partial charge in [0.1, 0.15) is 0 Å². The van der Waals surface area contributed by atoms with E-state index in [-0.39, 0.29) is 0 Å². The Kier molecular flexibility index (Phi) is 1.08. The van der Waals surface area contributed by atoms with Gasteiger partial charge in [0, 0.05) is 0 Å². The zero-order valence-electron chi connectivity index (χ0n) is 3.99. The van der Waals surface area contributed by atoms with Crippen LogP contribution in [0, 0.1) is 0 Å². The van der Waals surface area contributed by atoms with Crippen LogP contribution in [0.25, 0.3) is 0 Å². The van der Waals surface area contributed by atoms with Crippen LogP contribution in [-0.2, 0) is 0 Å². The van der Waals surface area contributed by atoms with Gasteiger partial charge < -0.3 is 10.6 Å². The van der Waals surface area contributed by atoms with E-state index >= 15 is 0 Å². The van der Waals surface area contributed by atoms with Crippen LogP contribution in [0.15, 0.2) is 0 Å². The predicted octanol–water partition coefficient (Wildman–Crippen LogP) is -0.475. The molecule has 0 aromatic heterocycles. The summed E-state index contributed by atoms with van der Waals surface area (Å²) >= 11 is 0. The summed E-state index contributed by atoms with van der Waals surface area (Å²) in [5, 5.41) is 6.27. The van der Waals surface area contributed by atoms with Gasteiger partial charge in [-0.3, -0.25) is 0 Å². The van der Waals surface area contributed by atoms with Crippen molar-refractivity contribution in [1.29, 1.82) is 0 Å². The molecule has 6 heavy (non-hydrogen) atoms. The van der Waals surface area contributed by atoms with Crippen molar-refractivity contribution in [2.75, 3.05) is 13.6 Å². The molecule has 0 unspecified atom stereocenters. The monoisotopic (exact) mass is 86.1 g/mol. The Morgan fingerprint density at radius 3 is 2.50 bits per heavy atom. The number of rotatable bonds is 1. The van der Waals surface area contributed by atoms with Crippen LogP contribution in [0.5, 0.6) is 0 Å². The van der Waals surface area contributed by atoms with Gasteiger partial charge in [0.05, 0.1) is 6.17 Å². The molecule has 1 saturated heterocycles. The molecular weight excluding hydrogens is 76.1 g/mol. The van der Waals surface area contributed by atoms with Gasteiger partial charge in [0.2, 0.25) is 0 Å². The molecule has 1 rings (SSSR count). The quantitative estimate of drug-likeness (QED) is 0.450. The summed E-state index contributed by atoms with van der Waals surface area (Å²) in [7, 11) is 1.97. The fourth-order valence-corrected chi connectivity index (χ4v) is 0.535. The molecule has 0 aliphatic carbocycles. The van der Waals surface area contributed by atoms with Gasteiger partial charge in [-0.05, 0) is 20.0 Å². The van der Waals surface area contributed by atoms with E-state index in [0.717, 1.165) is 0 Å². The molecule has 0 aromatic rings. The second kappa shape index (κ2) is 1.58. The SMILES string of the molecule is CN[C@@H]1CCN1. The third kappa shape index (κ3) is 0.533. The fourth-order valence-electron chi connectivity index (χ4n) is 0.535. The molecule has 0 aromatic carbocycles. The standard InChI is InChI=1S/C4H10N2/c1-5-4-2-3-6-4/h4-6H,2-3H2,1H3/t4-/m0/s1. The Morgan fingerprint density at radius 1 is 1.83 bits per heavy atom. The lowest BCUT2D eigenvalue weighted by atomic mass is 10.2. The predicted molar refractivity (Wildman–Crippen MR) is 25.5 cm³/mol. The molecule has 0 spiro atoms. The second-order valence-electron chi connectivity index (χ2n) is 1.58. The molecule has 1 aliphatic heterocycles. The fraction of sp³-hybridized carbons (Fsp3) is 1.00. The Labute approximate surface area is 37.9 Å². The molecule has 2 nitrogen and oxygen atoms in total. The maximum absolute atomic E-state index is 3.18. The first-order valence-corrected chi connectivity index (χ1v) is 2.34. The smallest absolute Gasteiger partial charge is 0.0581 e. The van der Waals surface area contributed by atoms with Crippen LogP contribution in [0.1, 0.15) is 6.42 Å². The molecule has 2 N–H and O–H groups in total. The van der Waals surface area contributed by atoms with Gasteiger partial charge in [0.25, 0.3) is 0 Å². The van der Waals surface area contributed by atoms with E-state index in [1.165, 1.54) is 13.0 Å². The van der Waals surface area contributed by atoms with Crippen molar-refractivity contribution in [2.45, 2.75) is 12.6 Å². The van der Waals surface area contributed by atoms with Gasteiger partial charge >= 0.3 is 0 Å². The first kappa shape index (κ1) is 4.09. The number of hydrogen-bond acceptors (Lipinski definition) is 2. The Balaban J connectivity index is 2.01. The van der Waals surface area contributed by atoms with Gasteiger partial charge in [-0.2, -0.15) is 0 Å². The molecule has 0 saturated carbocycles. The lowest BCUT2D eigenvalue weighted by Gasteiger charge is -2.26. The van der Waals surface area contributed by atoms with Crippen LogP contribution in [0.4, 0.5) is 0 Å². The Hall–Kier alpha value is -0.0800. The van der Waals surface area contributed by atoms with E-state index in [1.807, 2.05) is 7.05 Å². The Bertz CT molecular complexity index is 38.1. The molecule has 0 radical (unpaired) electrons. The highest BCUT2D eigenvalue weighted by molar-refractivity contribution is 4.72. The van der Waals surface area contributed by atoms with E-state index in [0.29, 0.717) is 6.17 Å². The van der Waals surface area contributed by atoms with E-state index in [2.05, 4.69) is 10.6 Å². The van der Waals surface area contributed by atoms with Gasteiger partial charge in [-0.15, -0.1) is 0 Å². The summed E-state index contributed by atoms with van der Waals surface area (Å²) < 4.78 is 0. The van der Waals surface area contributed by atoms with E-state index in [9.17, 15) is 0 Å². The first-order chi connectivity index (χ1) is 2.93. The van der Waals surface area contributed by atoms with Crippen molar-refractivity contribution in [3.05, 3.63) is 0 Å². The molecule has 1 heterocycles. The third-order valence-corrected chi connectivity index (χ3v) is 1.17. The summed E-state index contributed by atoms with van der Waals surface area (Å²) in [4.78, 5) is 0. The molecule has 1 aliphatic rings. The van der Waals surface area contributed by atoms with Crippen molar-refractivity contribution in [3.63, 3.8) is 0 Å². The van der Waals surface area contributed by atoms with Crippen molar-refractivity contribution in [2.24, 2.45) is 0 Å². The number of hydrogen-bond donors (Lipinski definition) is 2. The number of nitrogens with one attached hydrogen (secondary N) is 2. The lowest BCUT2D eigenvalue weighted by molar-refractivity contribution is 0.329. The average molecular weight is 86.1 g/mol. The summed E-state index contributed by atoms with van der Waals surface area (Å²) in [6.45, 7) is 1.19. The lowest BCUT2D eigenvalue weighted by Crippen LogP contribution is -2.51. The minimum Gasteiger partial charge on any atom is -0.305 e. The van der Waals surface area contributed by atoms with Gasteiger partial charge in [0.15, 0.2) is 0 Å². The minimum absolute atomic E-state index is 0.616. The summed E-state index contributed by atoms with van der Waals surface area (Å²) in [5.74, 6) is 0. The van der Waals surface area contributed by atoms with Crippen molar-refractivity contribution < 1.29 is 0 Å². The van der Waals surface area contributed by atoms with Crippen molar-refractivity contribution >= 4 is 0 Å². The highest BCUT2D eigenvalue weighted by Crippen LogP contribution is 1.93. The first-order valence-electron chi connectivity index (χ1n) is 2.34. The summed E-state index contributed by atoms with van der Waals surface area (Å²) in [6, 6.07) is 0. The molecular formula is C4H10N2. The molecule has 1 atom stereocenters. The molecule has 1 fully saturated rings. The molecule has 0 bridgehead atoms. The van der Waals surface area contributed by atoms with Crippen LogP contribution in [-0.4, -0.2) is 19.8 Å². The minimum atomic E-state index is 0.616. The second-order valence-corrected chi connectivity index (χ2v) is 1.58. The zero-order chi connectivity index (χ0) is 4.41. The average Bonchev–Trinajstić information content (AvgIpc) is 1.31. The van der Waals surface area contributed by atoms with E-state index in [4.69, 9.17) is 0 Å². The third-order valence-electron chi connectivity index (χ3n) is 1.17. The molecule has 36 valence electrons. The van der Waals surface area contributed by atoms with Crippen molar-refractivity contribution in [3.8, 4) is 0 Å². The van der Waals surface area contributed by atoms with Crippen LogP contribution in [0.2, 0.25) is 0 Å². The normalized spacial score (nSPS) is 32.5. The maximum Gasteiger partial charge on any atom is 0.0581 e. The largest absolute Gasteiger partial charge is 0.305 e. The summed E-state index contributed by atoms with van der Waals surface area (Å²) in [6.07, 6.45) is 1.90. The van der Waals surface area contributed by atoms with E-state index in [1.54, 1.807) is 0 Å². The molecule has 0 amide bonds. The van der Waals surface area contributed by atoms with Crippen LogP contribution >= 0.6 is 0 Å². The highest BCUT2D eigenvalue weighted by atomic mass is 15.2. The zero-order valence-corrected chi connectivity index (χ0v) is 3.99. The van der Waals surface area contributed by atoms with Crippen LogP contribution in [0.3, 0.4) is 0 Å². The van der Waals surface area contributed by atoms with E-state index < -0.39 is 0 Å². The topological polar surface area (TPSA) is 24.1 Å². The van der Waals surface area contributed by atoms with Crippen molar-refractivity contribution in [1.82, 2.24) is 10.6 Å². The highest BCUT2D eigenvalue weighted by Gasteiger charge is 2.11. The van der Waals surface area contributed by atoms with Gasteiger partial charge in [-0.1, -0.05) is 0 Å². The maximum atomic E-state index is 3.18. The van der Waals surface area contributed by atoms with Gasteiger partial charge in [-0.25, -0.2) is 0 Å². The van der Waals surface area contributed by atoms with Crippen LogP contribution < -0.4 is 10.6 Å². The Morgan fingerprint density at radius 2 is 2.50 bits per heavy atom. The molecule has 2 heteroatoms. The summed E-state index contributed by atoms with van der Waals surface area (Å²) in [5.41, 5.74) is 0.